The van der Waals surface area contributed by atoms with Gasteiger partial charge in [-0.1, -0.05) is 18.2 Å². The number of benzene rings is 1. The highest BCUT2D eigenvalue weighted by molar-refractivity contribution is 5.95. The summed E-state index contributed by atoms with van der Waals surface area (Å²) in [7, 11) is 0. The average Bonchev–Trinajstić information content (AvgIpc) is 2.78. The Kier molecular flexibility index (Phi) is 3.22. The Morgan fingerprint density at radius 2 is 2.10 bits per heavy atom. The molecule has 0 aliphatic carbocycles. The monoisotopic (exact) mass is 271 g/mol. The third-order valence-corrected chi connectivity index (χ3v) is 3.55. The van der Waals surface area contributed by atoms with Gasteiger partial charge in [0, 0.05) is 12.0 Å². The summed E-state index contributed by atoms with van der Waals surface area (Å²) in [6, 6.07) is 9.58. The smallest absolute Gasteiger partial charge is 0.255 e. The van der Waals surface area contributed by atoms with Crippen LogP contribution in [0, 0.1) is 13.8 Å². The van der Waals surface area contributed by atoms with Crippen molar-refractivity contribution >= 4 is 5.91 Å². The van der Waals surface area contributed by atoms with Crippen molar-refractivity contribution in [3.05, 3.63) is 53.0 Å². The van der Waals surface area contributed by atoms with E-state index in [1.807, 2.05) is 31.2 Å². The van der Waals surface area contributed by atoms with Crippen molar-refractivity contribution in [2.45, 2.75) is 26.3 Å². The van der Waals surface area contributed by atoms with E-state index in [0.717, 1.165) is 23.5 Å². The van der Waals surface area contributed by atoms with Gasteiger partial charge in [-0.25, -0.2) is 0 Å². The van der Waals surface area contributed by atoms with Crippen molar-refractivity contribution in [1.82, 2.24) is 5.32 Å². The highest BCUT2D eigenvalue weighted by atomic mass is 16.5. The Balaban J connectivity index is 1.82. The van der Waals surface area contributed by atoms with Crippen LogP contribution in [0.1, 0.15) is 39.9 Å². The zero-order valence-electron chi connectivity index (χ0n) is 11.6. The Labute approximate surface area is 117 Å². The maximum atomic E-state index is 12.3. The SMILES string of the molecule is Cc1cc(C(=O)NC2CCOc3ccccc32)c(C)o1. The fraction of sp³-hybridized carbons (Fsp3) is 0.312. The van der Waals surface area contributed by atoms with E-state index in [4.69, 9.17) is 9.15 Å². The summed E-state index contributed by atoms with van der Waals surface area (Å²) in [6.07, 6.45) is 0.776. The number of rotatable bonds is 2. The Bertz CT molecular complexity index is 645. The number of furan rings is 1. The van der Waals surface area contributed by atoms with E-state index in [1.165, 1.54) is 0 Å². The molecule has 0 saturated carbocycles. The summed E-state index contributed by atoms with van der Waals surface area (Å²) in [5.74, 6) is 2.16. The zero-order chi connectivity index (χ0) is 14.1. The van der Waals surface area contributed by atoms with Crippen molar-refractivity contribution in [3.8, 4) is 5.75 Å². The van der Waals surface area contributed by atoms with E-state index in [1.54, 1.807) is 13.0 Å². The Morgan fingerprint density at radius 3 is 2.85 bits per heavy atom. The van der Waals surface area contributed by atoms with Gasteiger partial charge in [-0.2, -0.15) is 0 Å². The molecule has 1 aliphatic rings. The highest BCUT2D eigenvalue weighted by Crippen LogP contribution is 2.31. The molecule has 4 nitrogen and oxygen atoms in total. The number of nitrogens with one attached hydrogen (secondary N) is 1. The Hall–Kier alpha value is -2.23. The number of carbonyl (C=O) groups is 1. The molecule has 1 amide bonds. The summed E-state index contributed by atoms with van der Waals surface area (Å²) >= 11 is 0. The van der Waals surface area contributed by atoms with Crippen LogP contribution in [0.4, 0.5) is 0 Å². The van der Waals surface area contributed by atoms with Crippen molar-refractivity contribution in [3.63, 3.8) is 0 Å². The standard InChI is InChI=1S/C16H17NO3/c1-10-9-13(11(2)20-10)16(18)17-14-7-8-19-15-6-4-3-5-12(14)15/h3-6,9,14H,7-8H2,1-2H3,(H,17,18). The molecule has 1 N–H and O–H groups in total. The van der Waals surface area contributed by atoms with Gasteiger partial charge in [0.05, 0.1) is 18.2 Å². The zero-order valence-corrected chi connectivity index (χ0v) is 11.6. The molecule has 1 unspecified atom stereocenters. The van der Waals surface area contributed by atoms with Crippen LogP contribution in [-0.2, 0) is 0 Å². The Morgan fingerprint density at radius 1 is 1.30 bits per heavy atom. The first-order chi connectivity index (χ1) is 9.65. The van der Waals surface area contributed by atoms with Gasteiger partial charge in [-0.05, 0) is 26.0 Å². The second-order valence-corrected chi connectivity index (χ2v) is 5.03. The second-order valence-electron chi connectivity index (χ2n) is 5.03. The van der Waals surface area contributed by atoms with Crippen LogP contribution in [0.5, 0.6) is 5.75 Å². The van der Waals surface area contributed by atoms with Crippen LogP contribution >= 0.6 is 0 Å². The summed E-state index contributed by atoms with van der Waals surface area (Å²) in [4.78, 5) is 12.3. The molecule has 1 aliphatic heterocycles. The molecule has 2 aromatic rings. The van der Waals surface area contributed by atoms with Gasteiger partial charge in [0.1, 0.15) is 17.3 Å². The van der Waals surface area contributed by atoms with Gasteiger partial charge in [0.25, 0.3) is 5.91 Å². The molecule has 0 spiro atoms. The molecule has 0 radical (unpaired) electrons. The third-order valence-electron chi connectivity index (χ3n) is 3.55. The van der Waals surface area contributed by atoms with Gasteiger partial charge < -0.3 is 14.5 Å². The first-order valence-electron chi connectivity index (χ1n) is 6.75. The van der Waals surface area contributed by atoms with Gasteiger partial charge in [-0.3, -0.25) is 4.79 Å². The molecule has 0 saturated heterocycles. The maximum Gasteiger partial charge on any atom is 0.255 e. The predicted octanol–water partition coefficient (Wildman–Crippen LogP) is 3.15. The molecule has 1 atom stereocenters. The van der Waals surface area contributed by atoms with Crippen molar-refractivity contribution in [2.75, 3.05) is 6.61 Å². The highest BCUT2D eigenvalue weighted by Gasteiger charge is 2.24. The van der Waals surface area contributed by atoms with E-state index >= 15 is 0 Å². The van der Waals surface area contributed by atoms with Gasteiger partial charge in [0.15, 0.2) is 0 Å². The minimum absolute atomic E-state index is 0.0120. The molecular weight excluding hydrogens is 254 g/mol. The van der Waals surface area contributed by atoms with Gasteiger partial charge in [-0.15, -0.1) is 0 Å². The first-order valence-corrected chi connectivity index (χ1v) is 6.75. The van der Waals surface area contributed by atoms with Crippen LogP contribution in [0.25, 0.3) is 0 Å². The van der Waals surface area contributed by atoms with E-state index in [9.17, 15) is 4.79 Å². The van der Waals surface area contributed by atoms with E-state index in [0.29, 0.717) is 17.9 Å². The molecule has 0 bridgehead atoms. The van der Waals surface area contributed by atoms with Crippen LogP contribution in [0.3, 0.4) is 0 Å². The maximum absolute atomic E-state index is 12.3. The largest absolute Gasteiger partial charge is 0.493 e. The number of ether oxygens (including phenoxy) is 1. The normalized spacial score (nSPS) is 17.2. The molecule has 1 aromatic heterocycles. The number of aryl methyl sites for hydroxylation is 2. The number of carbonyl (C=O) groups excluding carboxylic acids is 1. The summed E-state index contributed by atoms with van der Waals surface area (Å²) in [5.41, 5.74) is 1.64. The van der Waals surface area contributed by atoms with Crippen LogP contribution in [0.2, 0.25) is 0 Å². The second kappa shape index (κ2) is 5.04. The lowest BCUT2D eigenvalue weighted by molar-refractivity contribution is 0.0923. The number of para-hydroxylation sites is 1. The minimum Gasteiger partial charge on any atom is -0.493 e. The molecule has 0 fully saturated rings. The van der Waals surface area contributed by atoms with Gasteiger partial charge >= 0.3 is 0 Å². The van der Waals surface area contributed by atoms with Gasteiger partial charge in [0.2, 0.25) is 0 Å². The summed E-state index contributed by atoms with van der Waals surface area (Å²) < 4.78 is 11.0. The minimum atomic E-state index is -0.0962. The fourth-order valence-electron chi connectivity index (χ4n) is 2.58. The lowest BCUT2D eigenvalue weighted by Crippen LogP contribution is -2.32. The summed E-state index contributed by atoms with van der Waals surface area (Å²) in [6.45, 7) is 4.26. The van der Waals surface area contributed by atoms with Crippen LogP contribution in [-0.4, -0.2) is 12.5 Å². The molecular formula is C16H17NO3. The first kappa shape index (κ1) is 12.8. The number of fused-ring (bicyclic) bond motifs is 1. The van der Waals surface area contributed by atoms with Crippen LogP contribution in [0.15, 0.2) is 34.7 Å². The average molecular weight is 271 g/mol. The van der Waals surface area contributed by atoms with E-state index in [-0.39, 0.29) is 11.9 Å². The molecule has 2 heterocycles. The fourth-order valence-corrected chi connectivity index (χ4v) is 2.58. The van der Waals surface area contributed by atoms with Crippen molar-refractivity contribution in [1.29, 1.82) is 0 Å². The molecule has 104 valence electrons. The topological polar surface area (TPSA) is 51.5 Å². The lowest BCUT2D eigenvalue weighted by Gasteiger charge is -2.26. The van der Waals surface area contributed by atoms with E-state index in [2.05, 4.69) is 5.32 Å². The quantitative estimate of drug-likeness (QED) is 0.912. The van der Waals surface area contributed by atoms with E-state index < -0.39 is 0 Å². The number of amides is 1. The van der Waals surface area contributed by atoms with Crippen LogP contribution < -0.4 is 10.1 Å². The van der Waals surface area contributed by atoms with Crippen molar-refractivity contribution in [2.24, 2.45) is 0 Å². The lowest BCUT2D eigenvalue weighted by atomic mass is 10.00. The predicted molar refractivity (Wildman–Crippen MR) is 74.9 cm³/mol. The van der Waals surface area contributed by atoms with Crippen molar-refractivity contribution < 1.29 is 13.9 Å². The third kappa shape index (κ3) is 2.29. The number of hydrogen-bond donors (Lipinski definition) is 1. The summed E-state index contributed by atoms with van der Waals surface area (Å²) in [5, 5.41) is 3.07. The number of hydrogen-bond acceptors (Lipinski definition) is 3. The molecule has 3 rings (SSSR count). The molecule has 1 aromatic carbocycles. The molecule has 4 heteroatoms. The molecule has 20 heavy (non-hydrogen) atoms.